The van der Waals surface area contributed by atoms with Gasteiger partial charge in [0.25, 0.3) is 0 Å². The number of allylic oxidation sites excluding steroid dienone is 2. The van der Waals surface area contributed by atoms with Crippen molar-refractivity contribution in [3.63, 3.8) is 0 Å². The van der Waals surface area contributed by atoms with Gasteiger partial charge in [-0.2, -0.15) is 0 Å². The number of aldehydes is 1. The van der Waals surface area contributed by atoms with E-state index in [0.29, 0.717) is 12.8 Å². The predicted molar refractivity (Wildman–Crippen MR) is 54.9 cm³/mol. The van der Waals surface area contributed by atoms with Crippen molar-refractivity contribution in [3.8, 4) is 0 Å². The quantitative estimate of drug-likeness (QED) is 0.260. The van der Waals surface area contributed by atoms with Gasteiger partial charge in [0.05, 0.1) is 7.11 Å². The molecule has 0 heterocycles. The van der Waals surface area contributed by atoms with E-state index in [9.17, 15) is 9.59 Å². The van der Waals surface area contributed by atoms with E-state index in [0.717, 1.165) is 32.0 Å². The van der Waals surface area contributed by atoms with Gasteiger partial charge in [0.1, 0.15) is 6.29 Å². The first-order chi connectivity index (χ1) is 6.81. The van der Waals surface area contributed by atoms with E-state index >= 15 is 0 Å². The van der Waals surface area contributed by atoms with Crippen LogP contribution in [0, 0.1) is 0 Å². The summed E-state index contributed by atoms with van der Waals surface area (Å²) in [4.78, 5) is 20.7. The lowest BCUT2D eigenvalue weighted by atomic mass is 10.2. The average Bonchev–Trinajstić information content (AvgIpc) is 2.21. The maximum atomic E-state index is 10.7. The maximum absolute atomic E-state index is 10.7. The van der Waals surface area contributed by atoms with Gasteiger partial charge in [-0.05, 0) is 25.7 Å². The molecule has 0 unspecified atom stereocenters. The number of esters is 1. The van der Waals surface area contributed by atoms with Gasteiger partial charge in [0, 0.05) is 12.8 Å². The van der Waals surface area contributed by atoms with Crippen molar-refractivity contribution < 1.29 is 14.3 Å². The van der Waals surface area contributed by atoms with Crippen LogP contribution >= 0.6 is 0 Å². The van der Waals surface area contributed by atoms with Crippen molar-refractivity contribution in [2.45, 2.75) is 38.5 Å². The zero-order valence-electron chi connectivity index (χ0n) is 8.70. The minimum atomic E-state index is -0.153. The standard InChI is InChI=1S/C11H18O3/c1-14-11(13)9-7-5-3-2-4-6-8-10-12/h2-3,10H,4-9H2,1H3. The highest BCUT2D eigenvalue weighted by Gasteiger charge is 1.96. The summed E-state index contributed by atoms with van der Waals surface area (Å²) in [6, 6.07) is 0. The van der Waals surface area contributed by atoms with Crippen LogP contribution in [0.4, 0.5) is 0 Å². The molecule has 0 radical (unpaired) electrons. The number of carbonyl (C=O) groups excluding carboxylic acids is 2. The first kappa shape index (κ1) is 12.9. The summed E-state index contributed by atoms with van der Waals surface area (Å²) < 4.78 is 4.51. The molecule has 0 aliphatic carbocycles. The average molecular weight is 198 g/mol. The summed E-state index contributed by atoms with van der Waals surface area (Å²) in [5.74, 6) is -0.153. The van der Waals surface area contributed by atoms with E-state index < -0.39 is 0 Å². The van der Waals surface area contributed by atoms with Crippen molar-refractivity contribution in [2.75, 3.05) is 7.11 Å². The number of carbonyl (C=O) groups is 2. The van der Waals surface area contributed by atoms with E-state index in [4.69, 9.17) is 0 Å². The summed E-state index contributed by atoms with van der Waals surface area (Å²) in [6.45, 7) is 0. The van der Waals surface area contributed by atoms with Gasteiger partial charge >= 0.3 is 5.97 Å². The Hall–Kier alpha value is -1.12. The van der Waals surface area contributed by atoms with E-state index in [2.05, 4.69) is 10.8 Å². The first-order valence-electron chi connectivity index (χ1n) is 4.96. The highest BCUT2D eigenvalue weighted by atomic mass is 16.5. The Morgan fingerprint density at radius 2 is 1.79 bits per heavy atom. The second-order valence-corrected chi connectivity index (χ2v) is 3.04. The van der Waals surface area contributed by atoms with Crippen LogP contribution in [0.3, 0.4) is 0 Å². The van der Waals surface area contributed by atoms with Crippen LogP contribution < -0.4 is 0 Å². The Kier molecular flexibility index (Phi) is 9.17. The number of hydrogen-bond acceptors (Lipinski definition) is 3. The molecule has 3 nitrogen and oxygen atoms in total. The lowest BCUT2D eigenvalue weighted by molar-refractivity contribution is -0.140. The molecule has 0 amide bonds. The summed E-state index contributed by atoms with van der Waals surface area (Å²) in [5, 5.41) is 0. The monoisotopic (exact) mass is 198 g/mol. The van der Waals surface area contributed by atoms with Crippen molar-refractivity contribution in [1.82, 2.24) is 0 Å². The molecule has 0 aromatic rings. The van der Waals surface area contributed by atoms with Gasteiger partial charge in [0.2, 0.25) is 0 Å². The predicted octanol–water partition coefficient (Wildman–Crippen LogP) is 2.26. The zero-order chi connectivity index (χ0) is 10.6. The molecule has 0 aliphatic rings. The summed E-state index contributed by atoms with van der Waals surface area (Å²) in [6.07, 6.45) is 9.74. The third-order valence-corrected chi connectivity index (χ3v) is 1.84. The molecule has 0 rings (SSSR count). The fourth-order valence-corrected chi connectivity index (χ4v) is 1.02. The van der Waals surface area contributed by atoms with Crippen molar-refractivity contribution >= 4 is 12.3 Å². The number of rotatable bonds is 8. The van der Waals surface area contributed by atoms with E-state index in [-0.39, 0.29) is 5.97 Å². The Morgan fingerprint density at radius 3 is 2.36 bits per heavy atom. The van der Waals surface area contributed by atoms with E-state index in [1.807, 2.05) is 6.08 Å². The molecular formula is C11H18O3. The molecule has 0 spiro atoms. The molecule has 0 aromatic carbocycles. The number of methoxy groups -OCH3 is 1. The molecule has 0 atom stereocenters. The minimum Gasteiger partial charge on any atom is -0.469 e. The van der Waals surface area contributed by atoms with Gasteiger partial charge in [-0.3, -0.25) is 4.79 Å². The Labute approximate surface area is 85.1 Å². The largest absolute Gasteiger partial charge is 0.469 e. The molecule has 0 saturated heterocycles. The molecule has 0 bridgehead atoms. The Balaban J connectivity index is 3.18. The Bertz CT molecular complexity index is 185. The highest BCUT2D eigenvalue weighted by molar-refractivity contribution is 5.68. The van der Waals surface area contributed by atoms with Gasteiger partial charge in [-0.1, -0.05) is 12.2 Å². The van der Waals surface area contributed by atoms with Crippen molar-refractivity contribution in [3.05, 3.63) is 12.2 Å². The topological polar surface area (TPSA) is 43.4 Å². The second-order valence-electron chi connectivity index (χ2n) is 3.04. The highest BCUT2D eigenvalue weighted by Crippen LogP contribution is 2.00. The summed E-state index contributed by atoms with van der Waals surface area (Å²) >= 11 is 0. The summed E-state index contributed by atoms with van der Waals surface area (Å²) in [5.41, 5.74) is 0. The van der Waals surface area contributed by atoms with E-state index in [1.165, 1.54) is 7.11 Å². The molecule has 80 valence electrons. The van der Waals surface area contributed by atoms with Gasteiger partial charge in [0.15, 0.2) is 0 Å². The fourth-order valence-electron chi connectivity index (χ4n) is 1.02. The molecule has 14 heavy (non-hydrogen) atoms. The van der Waals surface area contributed by atoms with Crippen LogP contribution in [0.5, 0.6) is 0 Å². The lowest BCUT2D eigenvalue weighted by Crippen LogP contribution is -1.98. The molecule has 3 heteroatoms. The van der Waals surface area contributed by atoms with Crippen molar-refractivity contribution in [2.24, 2.45) is 0 Å². The normalized spacial score (nSPS) is 10.4. The third kappa shape index (κ3) is 8.97. The van der Waals surface area contributed by atoms with Crippen LogP contribution in [-0.4, -0.2) is 19.4 Å². The molecule has 0 saturated carbocycles. The fraction of sp³-hybridized carbons (Fsp3) is 0.636. The van der Waals surface area contributed by atoms with Gasteiger partial charge in [-0.15, -0.1) is 0 Å². The van der Waals surface area contributed by atoms with Crippen LogP contribution in [0.2, 0.25) is 0 Å². The SMILES string of the molecule is COC(=O)CCCC=CCCCC=O. The van der Waals surface area contributed by atoms with Crippen LogP contribution in [0.25, 0.3) is 0 Å². The minimum absolute atomic E-state index is 0.153. The molecule has 0 fully saturated rings. The number of hydrogen-bond donors (Lipinski definition) is 0. The number of ether oxygens (including phenoxy) is 1. The lowest BCUT2D eigenvalue weighted by Gasteiger charge is -1.95. The molecular weight excluding hydrogens is 180 g/mol. The van der Waals surface area contributed by atoms with Crippen LogP contribution in [0.15, 0.2) is 12.2 Å². The molecule has 0 aromatic heterocycles. The Morgan fingerprint density at radius 1 is 1.14 bits per heavy atom. The number of unbranched alkanes of at least 4 members (excludes halogenated alkanes) is 3. The third-order valence-electron chi connectivity index (χ3n) is 1.84. The first-order valence-corrected chi connectivity index (χ1v) is 4.96. The molecule has 0 aliphatic heterocycles. The maximum Gasteiger partial charge on any atom is 0.305 e. The zero-order valence-corrected chi connectivity index (χ0v) is 8.70. The van der Waals surface area contributed by atoms with Crippen LogP contribution in [-0.2, 0) is 14.3 Å². The second kappa shape index (κ2) is 9.96. The van der Waals surface area contributed by atoms with Crippen molar-refractivity contribution in [1.29, 1.82) is 0 Å². The van der Waals surface area contributed by atoms with Gasteiger partial charge < -0.3 is 9.53 Å². The van der Waals surface area contributed by atoms with E-state index in [1.54, 1.807) is 0 Å². The van der Waals surface area contributed by atoms with Crippen LogP contribution in [0.1, 0.15) is 38.5 Å². The smallest absolute Gasteiger partial charge is 0.305 e. The molecule has 0 N–H and O–H groups in total. The summed E-state index contributed by atoms with van der Waals surface area (Å²) in [7, 11) is 1.40. The van der Waals surface area contributed by atoms with Gasteiger partial charge in [-0.25, -0.2) is 0 Å².